The van der Waals surface area contributed by atoms with Gasteiger partial charge in [0.2, 0.25) is 0 Å². The molecule has 1 atom stereocenters. The second-order valence-corrected chi connectivity index (χ2v) is 5.25. The van der Waals surface area contributed by atoms with Crippen molar-refractivity contribution < 1.29 is 4.74 Å². The number of hydrogen-bond donors (Lipinski definition) is 1. The molecule has 1 unspecified atom stereocenters. The molecule has 0 aromatic carbocycles. The maximum absolute atomic E-state index is 5.77. The van der Waals surface area contributed by atoms with E-state index in [1.54, 1.807) is 0 Å². The predicted octanol–water partition coefficient (Wildman–Crippen LogP) is 0.0105. The molecule has 1 aliphatic rings. The van der Waals surface area contributed by atoms with E-state index in [9.17, 15) is 0 Å². The quantitative estimate of drug-likeness (QED) is 0.827. The van der Waals surface area contributed by atoms with E-state index in [4.69, 9.17) is 10.5 Å². The summed E-state index contributed by atoms with van der Waals surface area (Å²) in [6.45, 7) is 5.86. The van der Waals surface area contributed by atoms with Crippen molar-refractivity contribution in [2.24, 2.45) is 5.73 Å². The van der Waals surface area contributed by atoms with Crippen molar-refractivity contribution >= 4 is 5.82 Å². The molecular weight excluding hydrogens is 242 g/mol. The number of likely N-dealkylation sites (N-methyl/N-ethyl adjacent to an activating group) is 1. The van der Waals surface area contributed by atoms with Crippen LogP contribution in [0.15, 0.2) is 6.07 Å². The summed E-state index contributed by atoms with van der Waals surface area (Å²) < 4.78 is 5.77. The van der Waals surface area contributed by atoms with Gasteiger partial charge in [-0.15, -0.1) is 5.10 Å². The number of aromatic nitrogens is 2. The molecule has 106 valence electrons. The van der Waals surface area contributed by atoms with Crippen LogP contribution in [0, 0.1) is 6.92 Å². The van der Waals surface area contributed by atoms with Crippen molar-refractivity contribution in [3.8, 4) is 0 Å². The zero-order chi connectivity index (χ0) is 13.8. The maximum atomic E-state index is 5.77. The second-order valence-electron chi connectivity index (χ2n) is 5.25. The van der Waals surface area contributed by atoms with Crippen LogP contribution < -0.4 is 10.6 Å². The molecule has 2 rings (SSSR count). The fraction of sp³-hybridized carbons (Fsp3) is 0.692. The van der Waals surface area contributed by atoms with Crippen molar-refractivity contribution in [1.82, 2.24) is 15.1 Å². The summed E-state index contributed by atoms with van der Waals surface area (Å²) >= 11 is 0. The third-order valence-electron chi connectivity index (χ3n) is 3.23. The highest BCUT2D eigenvalue weighted by molar-refractivity contribution is 5.46. The number of nitrogens with two attached hydrogens (primary N) is 1. The van der Waals surface area contributed by atoms with Crippen molar-refractivity contribution in [3.63, 3.8) is 0 Å². The van der Waals surface area contributed by atoms with Gasteiger partial charge in [0.25, 0.3) is 0 Å². The van der Waals surface area contributed by atoms with Gasteiger partial charge in [-0.25, -0.2) is 0 Å². The van der Waals surface area contributed by atoms with Crippen LogP contribution in [0.3, 0.4) is 0 Å². The third kappa shape index (κ3) is 3.62. The Balaban J connectivity index is 2.08. The lowest BCUT2D eigenvalue weighted by molar-refractivity contribution is 0.0244. The van der Waals surface area contributed by atoms with Gasteiger partial charge in [0, 0.05) is 26.2 Å². The minimum Gasteiger partial charge on any atom is -0.373 e. The molecule has 0 aliphatic carbocycles. The maximum Gasteiger partial charge on any atom is 0.154 e. The number of anilines is 1. The highest BCUT2D eigenvalue weighted by atomic mass is 16.5. The van der Waals surface area contributed by atoms with Gasteiger partial charge in [-0.3, -0.25) is 0 Å². The van der Waals surface area contributed by atoms with Gasteiger partial charge in [-0.2, -0.15) is 5.10 Å². The number of morpholine rings is 1. The van der Waals surface area contributed by atoms with Crippen LogP contribution in [-0.2, 0) is 11.3 Å². The van der Waals surface area contributed by atoms with Crippen LogP contribution in [0.5, 0.6) is 0 Å². The third-order valence-corrected chi connectivity index (χ3v) is 3.23. The van der Waals surface area contributed by atoms with E-state index in [-0.39, 0.29) is 6.10 Å². The van der Waals surface area contributed by atoms with Gasteiger partial charge >= 0.3 is 0 Å². The number of ether oxygens (including phenoxy) is 1. The fourth-order valence-corrected chi connectivity index (χ4v) is 2.38. The highest BCUT2D eigenvalue weighted by Gasteiger charge is 2.23. The van der Waals surface area contributed by atoms with Crippen LogP contribution in [-0.4, -0.2) is 61.5 Å². The lowest BCUT2D eigenvalue weighted by Crippen LogP contribution is -2.47. The Bertz CT molecular complexity index is 423. The van der Waals surface area contributed by atoms with Crippen LogP contribution in [0.4, 0.5) is 5.82 Å². The van der Waals surface area contributed by atoms with E-state index >= 15 is 0 Å². The van der Waals surface area contributed by atoms with Gasteiger partial charge in [-0.05, 0) is 32.6 Å². The molecular formula is C13H23N5O. The molecule has 1 saturated heterocycles. The average molecular weight is 265 g/mol. The number of rotatable bonds is 4. The monoisotopic (exact) mass is 265 g/mol. The van der Waals surface area contributed by atoms with Gasteiger partial charge in [0.05, 0.1) is 18.4 Å². The first-order chi connectivity index (χ1) is 9.10. The smallest absolute Gasteiger partial charge is 0.154 e. The highest BCUT2D eigenvalue weighted by Crippen LogP contribution is 2.19. The standard InChI is InChI=1S/C13H23N5O/c1-10-6-11(7-14)15-16-13(10)18-4-5-19-12(9-18)8-17(2)3/h6,12H,4-5,7-9,14H2,1-3H3. The predicted molar refractivity (Wildman–Crippen MR) is 75.2 cm³/mol. The fourth-order valence-electron chi connectivity index (χ4n) is 2.38. The average Bonchev–Trinajstić information content (AvgIpc) is 2.38. The Labute approximate surface area is 114 Å². The molecule has 2 N–H and O–H groups in total. The van der Waals surface area contributed by atoms with Crippen molar-refractivity contribution in [1.29, 1.82) is 0 Å². The molecule has 0 saturated carbocycles. The first kappa shape index (κ1) is 14.2. The first-order valence-electron chi connectivity index (χ1n) is 6.64. The molecule has 2 heterocycles. The summed E-state index contributed by atoms with van der Waals surface area (Å²) in [6, 6.07) is 2.01. The Kier molecular flexibility index (Phi) is 4.68. The van der Waals surface area contributed by atoms with Crippen molar-refractivity contribution in [3.05, 3.63) is 17.3 Å². The van der Waals surface area contributed by atoms with E-state index < -0.39 is 0 Å². The summed E-state index contributed by atoms with van der Waals surface area (Å²) in [6.07, 6.45) is 0.221. The molecule has 1 aromatic heterocycles. The van der Waals surface area contributed by atoms with Crippen LogP contribution in [0.2, 0.25) is 0 Å². The van der Waals surface area contributed by atoms with E-state index in [2.05, 4.69) is 41.0 Å². The van der Waals surface area contributed by atoms with E-state index in [0.29, 0.717) is 6.54 Å². The second kappa shape index (κ2) is 6.27. The zero-order valence-electron chi connectivity index (χ0n) is 12.0. The Morgan fingerprint density at radius 1 is 1.47 bits per heavy atom. The molecule has 1 aliphatic heterocycles. The zero-order valence-corrected chi connectivity index (χ0v) is 12.0. The number of aryl methyl sites for hydroxylation is 1. The van der Waals surface area contributed by atoms with Crippen molar-refractivity contribution in [2.45, 2.75) is 19.6 Å². The molecule has 6 nitrogen and oxygen atoms in total. The van der Waals surface area contributed by atoms with Gasteiger partial charge < -0.3 is 20.3 Å². The minimum atomic E-state index is 0.221. The molecule has 1 aromatic rings. The molecule has 19 heavy (non-hydrogen) atoms. The summed E-state index contributed by atoms with van der Waals surface area (Å²) in [7, 11) is 4.12. The van der Waals surface area contributed by atoms with E-state index in [1.165, 1.54) is 0 Å². The first-order valence-corrected chi connectivity index (χ1v) is 6.64. The molecule has 6 heteroatoms. The molecule has 0 amide bonds. The van der Waals surface area contributed by atoms with Gasteiger partial charge in [-0.1, -0.05) is 0 Å². The minimum absolute atomic E-state index is 0.221. The molecule has 0 bridgehead atoms. The summed E-state index contributed by atoms with van der Waals surface area (Å²) in [5.74, 6) is 0.948. The van der Waals surface area contributed by atoms with Crippen molar-refractivity contribution in [2.75, 3.05) is 45.2 Å². The number of nitrogens with zero attached hydrogens (tertiary/aromatic N) is 4. The Hall–Kier alpha value is -1.24. The Morgan fingerprint density at radius 3 is 2.89 bits per heavy atom. The van der Waals surface area contributed by atoms with E-state index in [0.717, 1.165) is 43.3 Å². The summed E-state index contributed by atoms with van der Waals surface area (Å²) in [5.41, 5.74) is 7.54. The summed E-state index contributed by atoms with van der Waals surface area (Å²) in [5, 5.41) is 8.46. The molecule has 1 fully saturated rings. The van der Waals surface area contributed by atoms with Crippen LogP contribution in [0.1, 0.15) is 11.3 Å². The number of hydrogen-bond acceptors (Lipinski definition) is 6. The van der Waals surface area contributed by atoms with E-state index in [1.807, 2.05) is 6.07 Å². The van der Waals surface area contributed by atoms with Gasteiger partial charge in [0.1, 0.15) is 0 Å². The van der Waals surface area contributed by atoms with Gasteiger partial charge in [0.15, 0.2) is 5.82 Å². The Morgan fingerprint density at radius 2 is 2.26 bits per heavy atom. The summed E-state index contributed by atoms with van der Waals surface area (Å²) in [4.78, 5) is 4.39. The lowest BCUT2D eigenvalue weighted by Gasteiger charge is -2.35. The molecule has 0 spiro atoms. The largest absolute Gasteiger partial charge is 0.373 e. The normalized spacial score (nSPS) is 20.1. The lowest BCUT2D eigenvalue weighted by atomic mass is 10.2. The topological polar surface area (TPSA) is 67.5 Å². The molecule has 0 radical (unpaired) electrons. The van der Waals surface area contributed by atoms with Crippen LogP contribution in [0.25, 0.3) is 0 Å². The van der Waals surface area contributed by atoms with Crippen LogP contribution >= 0.6 is 0 Å². The SMILES string of the molecule is Cc1cc(CN)nnc1N1CCOC(CN(C)C)C1.